The number of carbonyl (C=O) groups excluding carboxylic acids is 1. The highest BCUT2D eigenvalue weighted by atomic mass is 16.5. The molecule has 1 amide bonds. The molecule has 148 valence electrons. The van der Waals surface area contributed by atoms with Gasteiger partial charge in [0.25, 0.3) is 0 Å². The van der Waals surface area contributed by atoms with Crippen molar-refractivity contribution in [1.29, 1.82) is 0 Å². The lowest BCUT2D eigenvalue weighted by Gasteiger charge is -2.20. The van der Waals surface area contributed by atoms with E-state index in [4.69, 9.17) is 4.74 Å². The van der Waals surface area contributed by atoms with Crippen molar-refractivity contribution in [2.24, 2.45) is 11.8 Å². The number of aromatic nitrogens is 3. The molecule has 2 aliphatic carbocycles. The second-order valence-corrected chi connectivity index (χ2v) is 9.02. The molecule has 0 aromatic carbocycles. The Morgan fingerprint density at radius 2 is 2.07 bits per heavy atom. The average molecular weight is 374 g/mol. The first-order valence-electron chi connectivity index (χ1n) is 10.8. The predicted octanol–water partition coefficient (Wildman–Crippen LogP) is 1.60. The molecule has 4 unspecified atom stereocenters. The summed E-state index contributed by atoms with van der Waals surface area (Å²) >= 11 is 0. The van der Waals surface area contributed by atoms with Crippen LogP contribution >= 0.6 is 0 Å². The first-order valence-corrected chi connectivity index (χ1v) is 10.8. The Morgan fingerprint density at radius 3 is 2.89 bits per heavy atom. The van der Waals surface area contributed by atoms with E-state index in [0.717, 1.165) is 24.6 Å². The number of hydrogen-bond donors (Lipinski definition) is 2. The fourth-order valence-corrected chi connectivity index (χ4v) is 5.11. The average Bonchev–Trinajstić information content (AvgIpc) is 3.06. The molecule has 1 aromatic rings. The Bertz CT molecular complexity index is 667. The summed E-state index contributed by atoms with van der Waals surface area (Å²) in [6.07, 6.45) is 13.1. The summed E-state index contributed by atoms with van der Waals surface area (Å²) in [6, 6.07) is 0.397. The smallest absolute Gasteiger partial charge is 0.220 e. The number of amides is 1. The number of carbonyl (C=O) groups is 1. The molecule has 2 saturated heterocycles. The van der Waals surface area contributed by atoms with Gasteiger partial charge in [-0.3, -0.25) is 4.79 Å². The van der Waals surface area contributed by atoms with Gasteiger partial charge in [-0.15, -0.1) is 5.10 Å². The van der Waals surface area contributed by atoms with Crippen LogP contribution in [0.15, 0.2) is 6.20 Å². The van der Waals surface area contributed by atoms with Gasteiger partial charge in [0, 0.05) is 19.2 Å². The Balaban J connectivity index is 1.18. The number of ether oxygens (including phenoxy) is 1. The van der Waals surface area contributed by atoms with Crippen LogP contribution in [0.5, 0.6) is 0 Å². The van der Waals surface area contributed by atoms with Gasteiger partial charge in [0.15, 0.2) is 0 Å². The van der Waals surface area contributed by atoms with E-state index >= 15 is 0 Å². The highest BCUT2D eigenvalue weighted by Gasteiger charge is 2.48. The highest BCUT2D eigenvalue weighted by Crippen LogP contribution is 2.33. The molecule has 2 aliphatic heterocycles. The minimum atomic E-state index is 0.0560. The van der Waals surface area contributed by atoms with Gasteiger partial charge < -0.3 is 15.4 Å². The van der Waals surface area contributed by atoms with Gasteiger partial charge in [-0.05, 0) is 31.1 Å². The third kappa shape index (κ3) is 3.90. The van der Waals surface area contributed by atoms with Gasteiger partial charge in [0.2, 0.25) is 5.91 Å². The molecule has 27 heavy (non-hydrogen) atoms. The number of nitrogens with zero attached hydrogens (tertiary/aromatic N) is 3. The zero-order valence-electron chi connectivity index (χ0n) is 16.0. The summed E-state index contributed by atoms with van der Waals surface area (Å²) in [7, 11) is 0. The van der Waals surface area contributed by atoms with E-state index in [9.17, 15) is 4.79 Å². The molecule has 0 spiro atoms. The van der Waals surface area contributed by atoms with Crippen molar-refractivity contribution in [2.45, 2.75) is 82.0 Å². The third-order valence-electron chi connectivity index (χ3n) is 6.84. The Kier molecular flexibility index (Phi) is 4.90. The minimum absolute atomic E-state index is 0.0560. The second-order valence-electron chi connectivity index (χ2n) is 9.02. The largest absolute Gasteiger partial charge is 0.372 e. The maximum atomic E-state index is 12.2. The van der Waals surface area contributed by atoms with E-state index in [1.807, 2.05) is 4.68 Å². The van der Waals surface area contributed by atoms with Crippen LogP contribution in [-0.2, 0) is 16.0 Å². The van der Waals surface area contributed by atoms with Crippen LogP contribution in [0.3, 0.4) is 0 Å². The van der Waals surface area contributed by atoms with Gasteiger partial charge in [-0.1, -0.05) is 37.3 Å². The molecule has 2 saturated carbocycles. The number of rotatable bonds is 6. The van der Waals surface area contributed by atoms with Gasteiger partial charge in [0.1, 0.15) is 0 Å². The van der Waals surface area contributed by atoms with Crippen molar-refractivity contribution < 1.29 is 9.53 Å². The van der Waals surface area contributed by atoms with Crippen molar-refractivity contribution >= 4 is 5.91 Å². The molecule has 4 atom stereocenters. The monoisotopic (exact) mass is 373 g/mol. The number of fused-ring (bicyclic) bond motifs is 1. The topological polar surface area (TPSA) is 81.1 Å². The Hall–Kier alpha value is -1.47. The molecule has 5 rings (SSSR count). The zero-order valence-corrected chi connectivity index (χ0v) is 16.0. The molecule has 7 heteroatoms. The molecular formula is C20H31N5O2. The van der Waals surface area contributed by atoms with Crippen molar-refractivity contribution in [2.75, 3.05) is 13.2 Å². The predicted molar refractivity (Wildman–Crippen MR) is 100 cm³/mol. The molecule has 4 fully saturated rings. The summed E-state index contributed by atoms with van der Waals surface area (Å²) in [6.45, 7) is 1.40. The number of nitrogens with one attached hydrogen (secondary N) is 2. The van der Waals surface area contributed by atoms with Gasteiger partial charge in [-0.2, -0.15) is 0 Å². The summed E-state index contributed by atoms with van der Waals surface area (Å²) in [4.78, 5) is 12.2. The first-order chi connectivity index (χ1) is 13.3. The lowest BCUT2D eigenvalue weighted by molar-refractivity contribution is -0.122. The molecule has 4 aliphatic rings. The van der Waals surface area contributed by atoms with Gasteiger partial charge in [-0.25, -0.2) is 4.68 Å². The van der Waals surface area contributed by atoms with Gasteiger partial charge >= 0.3 is 0 Å². The fourth-order valence-electron chi connectivity index (χ4n) is 5.11. The quantitative estimate of drug-likeness (QED) is 0.792. The SMILES string of the molecule is O=C(CC1CC1)NC1COC2C1NCC2n1cc(CC2CCCCC2)nn1. The molecule has 1 aromatic heterocycles. The van der Waals surface area contributed by atoms with Crippen LogP contribution in [0, 0.1) is 11.8 Å². The minimum Gasteiger partial charge on any atom is -0.372 e. The van der Waals surface area contributed by atoms with Crippen LogP contribution < -0.4 is 10.6 Å². The van der Waals surface area contributed by atoms with Crippen LogP contribution in [-0.4, -0.2) is 52.2 Å². The van der Waals surface area contributed by atoms with Crippen LogP contribution in [0.4, 0.5) is 0 Å². The van der Waals surface area contributed by atoms with Crippen molar-refractivity contribution in [3.8, 4) is 0 Å². The molecule has 7 nitrogen and oxygen atoms in total. The normalized spacial score (nSPS) is 33.9. The second kappa shape index (κ2) is 7.51. The van der Waals surface area contributed by atoms with Crippen molar-refractivity contribution in [3.63, 3.8) is 0 Å². The Morgan fingerprint density at radius 1 is 1.22 bits per heavy atom. The van der Waals surface area contributed by atoms with E-state index in [0.29, 0.717) is 18.9 Å². The first kappa shape index (κ1) is 17.6. The fraction of sp³-hybridized carbons (Fsp3) is 0.850. The molecule has 3 heterocycles. The van der Waals surface area contributed by atoms with Crippen LogP contribution in [0.1, 0.15) is 63.1 Å². The van der Waals surface area contributed by atoms with Crippen molar-refractivity contribution in [1.82, 2.24) is 25.6 Å². The summed E-state index contributed by atoms with van der Waals surface area (Å²) in [5.41, 5.74) is 1.11. The zero-order chi connectivity index (χ0) is 18.2. The summed E-state index contributed by atoms with van der Waals surface area (Å²) < 4.78 is 8.06. The number of hydrogen-bond acceptors (Lipinski definition) is 5. The maximum Gasteiger partial charge on any atom is 0.220 e. The Labute approximate surface area is 160 Å². The van der Waals surface area contributed by atoms with Crippen LogP contribution in [0.25, 0.3) is 0 Å². The lowest BCUT2D eigenvalue weighted by atomic mass is 9.86. The maximum absolute atomic E-state index is 12.2. The van der Waals surface area contributed by atoms with E-state index in [2.05, 4.69) is 27.1 Å². The highest BCUT2D eigenvalue weighted by molar-refractivity contribution is 5.77. The summed E-state index contributed by atoms with van der Waals surface area (Å²) in [5, 5.41) is 15.6. The van der Waals surface area contributed by atoms with E-state index in [1.54, 1.807) is 0 Å². The van der Waals surface area contributed by atoms with Gasteiger partial charge in [0.05, 0.1) is 36.5 Å². The van der Waals surface area contributed by atoms with E-state index < -0.39 is 0 Å². The molecule has 0 radical (unpaired) electrons. The van der Waals surface area contributed by atoms with E-state index in [1.165, 1.54) is 44.9 Å². The summed E-state index contributed by atoms with van der Waals surface area (Å²) in [5.74, 6) is 1.56. The van der Waals surface area contributed by atoms with Crippen LogP contribution in [0.2, 0.25) is 0 Å². The van der Waals surface area contributed by atoms with E-state index in [-0.39, 0.29) is 30.1 Å². The lowest BCUT2D eigenvalue weighted by Crippen LogP contribution is -2.48. The molecular weight excluding hydrogens is 342 g/mol. The molecule has 2 N–H and O–H groups in total. The van der Waals surface area contributed by atoms with Crippen molar-refractivity contribution in [3.05, 3.63) is 11.9 Å². The standard InChI is InChI=1S/C20H31N5O2/c26-18(9-14-6-7-14)22-16-12-27-20-17(10-21-19(16)20)25-11-15(23-24-25)8-13-4-2-1-3-5-13/h11,13-14,16-17,19-21H,1-10,12H2,(H,22,26). The molecule has 0 bridgehead atoms. The third-order valence-corrected chi connectivity index (χ3v) is 6.84.